The Bertz CT molecular complexity index is 606. The molecule has 0 saturated heterocycles. The minimum Gasteiger partial charge on any atom is -0.465 e. The summed E-state index contributed by atoms with van der Waals surface area (Å²) in [4.78, 5) is 21.9. The first kappa shape index (κ1) is 11.1. The second-order valence-electron chi connectivity index (χ2n) is 3.43. The number of hydrogen-bond acceptors (Lipinski definition) is 4. The van der Waals surface area contributed by atoms with E-state index >= 15 is 0 Å². The number of non-ortho nitro benzene ring substituents is 1. The first-order chi connectivity index (χ1) is 8.15. The van der Waals surface area contributed by atoms with E-state index in [1.54, 1.807) is 24.3 Å². The van der Waals surface area contributed by atoms with Gasteiger partial charge in [0, 0.05) is 11.5 Å². The first-order valence-corrected chi connectivity index (χ1v) is 4.89. The highest BCUT2D eigenvalue weighted by atomic mass is 16.6. The number of nitro groups is 1. The number of nitrogens with zero attached hydrogens (tertiary/aromatic N) is 1. The second-order valence-corrected chi connectivity index (χ2v) is 3.43. The summed E-state index contributed by atoms with van der Waals surface area (Å²) in [6.07, 6.45) is 0. The maximum absolute atomic E-state index is 11.5. The fourth-order valence-electron chi connectivity index (χ4n) is 1.73. The molecule has 0 bridgehead atoms. The summed E-state index contributed by atoms with van der Waals surface area (Å²) in [6.45, 7) is 0. The maximum Gasteiger partial charge on any atom is 0.338 e. The van der Waals surface area contributed by atoms with E-state index in [9.17, 15) is 14.9 Å². The van der Waals surface area contributed by atoms with Crippen LogP contribution < -0.4 is 0 Å². The van der Waals surface area contributed by atoms with Gasteiger partial charge in [-0.1, -0.05) is 18.2 Å². The van der Waals surface area contributed by atoms with Crippen LogP contribution in [0.5, 0.6) is 0 Å². The lowest BCUT2D eigenvalue weighted by molar-refractivity contribution is -0.383. The van der Waals surface area contributed by atoms with Gasteiger partial charge in [-0.15, -0.1) is 0 Å². The molecule has 0 aromatic heterocycles. The molecule has 0 radical (unpaired) electrons. The number of ether oxygens (including phenoxy) is 1. The summed E-state index contributed by atoms with van der Waals surface area (Å²) in [5, 5.41) is 11.8. The Labute approximate surface area is 96.8 Å². The van der Waals surface area contributed by atoms with Crippen molar-refractivity contribution in [3.8, 4) is 0 Å². The molecule has 2 aromatic carbocycles. The Morgan fingerprint density at radius 1 is 1.18 bits per heavy atom. The minimum absolute atomic E-state index is 0.0201. The third-order valence-electron chi connectivity index (χ3n) is 2.50. The fourth-order valence-corrected chi connectivity index (χ4v) is 1.73. The third kappa shape index (κ3) is 1.82. The van der Waals surface area contributed by atoms with Gasteiger partial charge in [-0.2, -0.15) is 0 Å². The molecule has 0 amide bonds. The molecule has 86 valence electrons. The predicted molar refractivity (Wildman–Crippen MR) is 61.9 cm³/mol. The third-order valence-corrected chi connectivity index (χ3v) is 2.50. The highest BCUT2D eigenvalue weighted by molar-refractivity contribution is 6.07. The number of esters is 1. The molecule has 0 spiro atoms. The molecular weight excluding hydrogens is 222 g/mol. The van der Waals surface area contributed by atoms with Gasteiger partial charge in [0.1, 0.15) is 0 Å². The molecule has 0 aliphatic heterocycles. The summed E-state index contributed by atoms with van der Waals surface area (Å²) >= 11 is 0. The smallest absolute Gasteiger partial charge is 0.338 e. The molecule has 0 atom stereocenters. The van der Waals surface area contributed by atoms with Gasteiger partial charge in [0.25, 0.3) is 5.69 Å². The molecule has 0 N–H and O–H groups in total. The molecule has 5 nitrogen and oxygen atoms in total. The quantitative estimate of drug-likeness (QED) is 0.452. The van der Waals surface area contributed by atoms with Crippen molar-refractivity contribution in [2.45, 2.75) is 0 Å². The van der Waals surface area contributed by atoms with Crippen LogP contribution in [0, 0.1) is 10.1 Å². The lowest BCUT2D eigenvalue weighted by Crippen LogP contribution is -2.03. The van der Waals surface area contributed by atoms with E-state index in [2.05, 4.69) is 4.74 Å². The molecule has 0 unspecified atom stereocenters. The zero-order valence-corrected chi connectivity index (χ0v) is 9.04. The SMILES string of the molecule is COC(=O)c1ccc([N+](=O)[O-])c2ccccc12. The van der Waals surface area contributed by atoms with Crippen LogP contribution in [0.4, 0.5) is 5.69 Å². The van der Waals surface area contributed by atoms with Gasteiger partial charge in [-0.3, -0.25) is 10.1 Å². The van der Waals surface area contributed by atoms with Crippen molar-refractivity contribution in [2.24, 2.45) is 0 Å². The Balaban J connectivity index is 2.79. The van der Waals surface area contributed by atoms with Crippen LogP contribution in [-0.2, 0) is 4.74 Å². The summed E-state index contributed by atoms with van der Waals surface area (Å²) in [5.74, 6) is -0.504. The molecule has 0 aliphatic rings. The molecule has 5 heteroatoms. The summed E-state index contributed by atoms with van der Waals surface area (Å²) in [5.41, 5.74) is 0.307. The van der Waals surface area contributed by atoms with Gasteiger partial charge in [0.2, 0.25) is 0 Å². The molecule has 0 heterocycles. The van der Waals surface area contributed by atoms with Gasteiger partial charge in [0.15, 0.2) is 0 Å². The topological polar surface area (TPSA) is 69.4 Å². The van der Waals surface area contributed by atoms with Crippen molar-refractivity contribution in [1.82, 2.24) is 0 Å². The fraction of sp³-hybridized carbons (Fsp3) is 0.0833. The predicted octanol–water partition coefficient (Wildman–Crippen LogP) is 2.53. The monoisotopic (exact) mass is 231 g/mol. The van der Waals surface area contributed by atoms with Crippen molar-refractivity contribution < 1.29 is 14.5 Å². The Kier molecular flexibility index (Phi) is 2.74. The van der Waals surface area contributed by atoms with Gasteiger partial charge in [0.05, 0.1) is 23.0 Å². The molecule has 2 rings (SSSR count). The van der Waals surface area contributed by atoms with Crippen molar-refractivity contribution in [3.05, 3.63) is 52.1 Å². The Morgan fingerprint density at radius 3 is 2.41 bits per heavy atom. The maximum atomic E-state index is 11.5. The summed E-state index contributed by atoms with van der Waals surface area (Å²) in [6, 6.07) is 9.41. The highest BCUT2D eigenvalue weighted by Crippen LogP contribution is 2.28. The highest BCUT2D eigenvalue weighted by Gasteiger charge is 2.17. The van der Waals surface area contributed by atoms with Gasteiger partial charge >= 0.3 is 5.97 Å². The number of carbonyl (C=O) groups is 1. The van der Waals surface area contributed by atoms with E-state index < -0.39 is 10.9 Å². The number of benzene rings is 2. The van der Waals surface area contributed by atoms with Gasteiger partial charge in [-0.25, -0.2) is 4.79 Å². The minimum atomic E-state index is -0.504. The van der Waals surface area contributed by atoms with Crippen LogP contribution in [0.1, 0.15) is 10.4 Å². The lowest BCUT2D eigenvalue weighted by atomic mass is 10.0. The molecule has 0 aliphatic carbocycles. The normalized spacial score (nSPS) is 10.2. The van der Waals surface area contributed by atoms with Gasteiger partial charge in [-0.05, 0) is 12.1 Å². The average molecular weight is 231 g/mol. The van der Waals surface area contributed by atoms with Crippen molar-refractivity contribution in [3.63, 3.8) is 0 Å². The first-order valence-electron chi connectivity index (χ1n) is 4.89. The molecule has 0 saturated carbocycles. The van der Waals surface area contributed by atoms with Crippen LogP contribution in [0.15, 0.2) is 36.4 Å². The number of methoxy groups -OCH3 is 1. The van der Waals surface area contributed by atoms with Crippen LogP contribution in [0.25, 0.3) is 10.8 Å². The van der Waals surface area contributed by atoms with Crippen LogP contribution in [0.3, 0.4) is 0 Å². The number of fused-ring (bicyclic) bond motifs is 1. The Hall–Kier alpha value is -2.43. The van der Waals surface area contributed by atoms with E-state index in [0.29, 0.717) is 16.3 Å². The van der Waals surface area contributed by atoms with E-state index in [0.717, 1.165) is 0 Å². The van der Waals surface area contributed by atoms with Crippen LogP contribution in [-0.4, -0.2) is 18.0 Å². The van der Waals surface area contributed by atoms with E-state index in [4.69, 9.17) is 0 Å². The van der Waals surface area contributed by atoms with Crippen molar-refractivity contribution in [1.29, 1.82) is 0 Å². The summed E-state index contributed by atoms with van der Waals surface area (Å²) < 4.78 is 4.64. The summed E-state index contributed by atoms with van der Waals surface area (Å²) in [7, 11) is 1.28. The standard InChI is InChI=1S/C12H9NO4/c1-17-12(14)10-6-7-11(13(15)16)9-5-3-2-4-8(9)10/h2-7H,1H3. The zero-order chi connectivity index (χ0) is 12.4. The van der Waals surface area contributed by atoms with Crippen LogP contribution >= 0.6 is 0 Å². The Morgan fingerprint density at radius 2 is 1.82 bits per heavy atom. The lowest BCUT2D eigenvalue weighted by Gasteiger charge is -2.04. The van der Waals surface area contributed by atoms with E-state index in [1.807, 2.05) is 0 Å². The number of carbonyl (C=O) groups excluding carboxylic acids is 1. The molecule has 0 fully saturated rings. The van der Waals surface area contributed by atoms with Crippen LogP contribution in [0.2, 0.25) is 0 Å². The second kappa shape index (κ2) is 4.21. The molecule has 17 heavy (non-hydrogen) atoms. The number of hydrogen-bond donors (Lipinski definition) is 0. The number of rotatable bonds is 2. The van der Waals surface area contributed by atoms with Gasteiger partial charge < -0.3 is 4.74 Å². The molecule has 2 aromatic rings. The van der Waals surface area contributed by atoms with Crippen molar-refractivity contribution in [2.75, 3.05) is 7.11 Å². The number of nitro benzene ring substituents is 1. The molecular formula is C12H9NO4. The van der Waals surface area contributed by atoms with E-state index in [-0.39, 0.29) is 5.69 Å². The van der Waals surface area contributed by atoms with Crippen molar-refractivity contribution >= 4 is 22.4 Å². The zero-order valence-electron chi connectivity index (χ0n) is 9.04. The van der Waals surface area contributed by atoms with E-state index in [1.165, 1.54) is 19.2 Å². The largest absolute Gasteiger partial charge is 0.465 e. The average Bonchev–Trinajstić information content (AvgIpc) is 2.36.